The van der Waals surface area contributed by atoms with Gasteiger partial charge in [-0.3, -0.25) is 9.69 Å². The van der Waals surface area contributed by atoms with Crippen LogP contribution in [0, 0.1) is 0 Å². The van der Waals surface area contributed by atoms with Gasteiger partial charge in [0.15, 0.2) is 0 Å². The lowest BCUT2D eigenvalue weighted by Crippen LogP contribution is -2.23. The molecule has 2 rings (SSSR count). The number of amides is 1. The summed E-state index contributed by atoms with van der Waals surface area (Å²) in [7, 11) is 7.25. The van der Waals surface area contributed by atoms with Crippen LogP contribution in [-0.4, -0.2) is 48.9 Å². The molecule has 1 atom stereocenters. The van der Waals surface area contributed by atoms with E-state index in [0.717, 1.165) is 23.6 Å². The summed E-state index contributed by atoms with van der Waals surface area (Å²) in [5, 5.41) is 0. The molecule has 23 heavy (non-hydrogen) atoms. The van der Waals surface area contributed by atoms with E-state index < -0.39 is 0 Å². The van der Waals surface area contributed by atoms with Gasteiger partial charge >= 0.3 is 0 Å². The number of aromatic amines is 1. The maximum Gasteiger partial charge on any atom is 0.269 e. The summed E-state index contributed by atoms with van der Waals surface area (Å²) in [4.78, 5) is 18.9. The number of hydrogen-bond acceptors (Lipinski definition) is 3. The molecular weight excluding hydrogens is 290 g/mol. The molecule has 0 radical (unpaired) electrons. The summed E-state index contributed by atoms with van der Waals surface area (Å²) in [5.41, 5.74) is 2.77. The zero-order valence-electron chi connectivity index (χ0n) is 14.5. The summed E-state index contributed by atoms with van der Waals surface area (Å²) in [6.07, 6.45) is 0. The van der Waals surface area contributed by atoms with Crippen LogP contribution in [0.5, 0.6) is 5.75 Å². The van der Waals surface area contributed by atoms with E-state index in [1.165, 1.54) is 0 Å². The van der Waals surface area contributed by atoms with Gasteiger partial charge in [0.1, 0.15) is 11.4 Å². The van der Waals surface area contributed by atoms with Gasteiger partial charge < -0.3 is 14.6 Å². The molecule has 124 valence electrons. The van der Waals surface area contributed by atoms with Gasteiger partial charge in [-0.15, -0.1) is 0 Å². The highest BCUT2D eigenvalue weighted by atomic mass is 16.5. The van der Waals surface area contributed by atoms with Crippen molar-refractivity contribution in [3.63, 3.8) is 0 Å². The Bertz CT molecular complexity index is 664. The molecule has 0 aliphatic rings. The third-order valence-corrected chi connectivity index (χ3v) is 4.05. The van der Waals surface area contributed by atoms with Crippen LogP contribution in [0.25, 0.3) is 0 Å². The number of methoxy groups -OCH3 is 1. The van der Waals surface area contributed by atoms with Crippen molar-refractivity contribution in [1.82, 2.24) is 14.8 Å². The molecule has 1 aromatic heterocycles. The van der Waals surface area contributed by atoms with Crippen molar-refractivity contribution < 1.29 is 9.53 Å². The first kappa shape index (κ1) is 17.1. The van der Waals surface area contributed by atoms with Crippen LogP contribution in [-0.2, 0) is 6.54 Å². The lowest BCUT2D eigenvalue weighted by atomic mass is 10.1. The lowest BCUT2D eigenvalue weighted by molar-refractivity contribution is 0.0822. The first-order valence-electron chi connectivity index (χ1n) is 7.66. The summed E-state index contributed by atoms with van der Waals surface area (Å²) in [6.45, 7) is 2.87. The van der Waals surface area contributed by atoms with Gasteiger partial charge in [-0.2, -0.15) is 0 Å². The van der Waals surface area contributed by atoms with Crippen molar-refractivity contribution in [2.45, 2.75) is 19.5 Å². The lowest BCUT2D eigenvalue weighted by Gasteiger charge is -2.26. The molecular formula is C18H25N3O2. The molecule has 0 spiro atoms. The first-order valence-corrected chi connectivity index (χ1v) is 7.66. The van der Waals surface area contributed by atoms with Crippen molar-refractivity contribution >= 4 is 5.91 Å². The van der Waals surface area contributed by atoms with Gasteiger partial charge in [0.05, 0.1) is 7.11 Å². The highest BCUT2D eigenvalue weighted by molar-refractivity contribution is 5.92. The maximum atomic E-state index is 11.9. The summed E-state index contributed by atoms with van der Waals surface area (Å²) >= 11 is 0. The van der Waals surface area contributed by atoms with Gasteiger partial charge in [-0.05, 0) is 32.2 Å². The van der Waals surface area contributed by atoms with Crippen LogP contribution in [0.2, 0.25) is 0 Å². The third kappa shape index (κ3) is 3.93. The maximum absolute atomic E-state index is 11.9. The van der Waals surface area contributed by atoms with Gasteiger partial charge in [0.2, 0.25) is 0 Å². The second-order valence-electron chi connectivity index (χ2n) is 5.93. The molecule has 1 N–H and O–H groups in total. The Balaban J connectivity index is 2.09. The highest BCUT2D eigenvalue weighted by Crippen LogP contribution is 2.28. The number of aromatic nitrogens is 1. The second-order valence-corrected chi connectivity index (χ2v) is 5.93. The van der Waals surface area contributed by atoms with E-state index in [2.05, 4.69) is 29.9 Å². The SMILES string of the molecule is COc1ccccc1[C@H](C)N(C)Cc1ccc(C(=O)N(C)C)[nH]1. The minimum Gasteiger partial charge on any atom is -0.496 e. The molecule has 0 saturated heterocycles. The standard InChI is InChI=1S/C18H25N3O2/c1-13(15-8-6-7-9-17(15)23-5)21(4)12-14-10-11-16(19-14)18(22)20(2)3/h6-11,13,19H,12H2,1-5H3/t13-/m0/s1. The van der Waals surface area contributed by atoms with Gasteiger partial charge in [0.25, 0.3) is 5.91 Å². The van der Waals surface area contributed by atoms with Crippen LogP contribution in [0.4, 0.5) is 0 Å². The molecule has 0 bridgehead atoms. The number of rotatable bonds is 6. The fourth-order valence-electron chi connectivity index (χ4n) is 2.55. The predicted molar refractivity (Wildman–Crippen MR) is 91.7 cm³/mol. The van der Waals surface area contributed by atoms with E-state index >= 15 is 0 Å². The van der Waals surface area contributed by atoms with Crippen molar-refractivity contribution in [2.24, 2.45) is 0 Å². The van der Waals surface area contributed by atoms with E-state index in [9.17, 15) is 4.79 Å². The topological polar surface area (TPSA) is 48.6 Å². The molecule has 5 heteroatoms. The molecule has 0 fully saturated rings. The zero-order chi connectivity index (χ0) is 17.0. The summed E-state index contributed by atoms with van der Waals surface area (Å²) in [5.74, 6) is 0.874. The Morgan fingerprint density at radius 3 is 2.52 bits per heavy atom. The zero-order valence-corrected chi connectivity index (χ0v) is 14.5. The molecule has 0 aliphatic heterocycles. The minimum atomic E-state index is -0.0170. The van der Waals surface area contributed by atoms with E-state index in [1.54, 1.807) is 26.1 Å². The van der Waals surface area contributed by atoms with Crippen LogP contribution in [0.1, 0.15) is 34.7 Å². The van der Waals surface area contributed by atoms with E-state index in [4.69, 9.17) is 4.74 Å². The van der Waals surface area contributed by atoms with E-state index in [0.29, 0.717) is 5.69 Å². The molecule has 1 amide bonds. The number of benzene rings is 1. The van der Waals surface area contributed by atoms with Crippen LogP contribution >= 0.6 is 0 Å². The Labute approximate surface area is 137 Å². The quantitative estimate of drug-likeness (QED) is 0.891. The number of nitrogens with one attached hydrogen (secondary N) is 1. The number of hydrogen-bond donors (Lipinski definition) is 1. The molecule has 2 aromatic rings. The van der Waals surface area contributed by atoms with Crippen molar-refractivity contribution in [3.8, 4) is 5.75 Å². The molecule has 0 aliphatic carbocycles. The number of carbonyl (C=O) groups excluding carboxylic acids is 1. The van der Waals surface area contributed by atoms with Gasteiger partial charge in [-0.25, -0.2) is 0 Å². The van der Waals surface area contributed by atoms with E-state index in [1.807, 2.05) is 30.3 Å². The van der Waals surface area contributed by atoms with Gasteiger partial charge in [0, 0.05) is 37.9 Å². The van der Waals surface area contributed by atoms with Crippen LogP contribution in [0.3, 0.4) is 0 Å². The van der Waals surface area contributed by atoms with Crippen LogP contribution < -0.4 is 4.74 Å². The number of H-pyrrole nitrogens is 1. The Morgan fingerprint density at radius 1 is 1.17 bits per heavy atom. The number of carbonyl (C=O) groups is 1. The Kier molecular flexibility index (Phi) is 5.45. The molecule has 0 saturated carbocycles. The minimum absolute atomic E-state index is 0.0170. The Morgan fingerprint density at radius 2 is 1.87 bits per heavy atom. The van der Waals surface area contributed by atoms with Crippen LogP contribution in [0.15, 0.2) is 36.4 Å². The third-order valence-electron chi connectivity index (χ3n) is 4.05. The summed E-state index contributed by atoms with van der Waals surface area (Å²) < 4.78 is 5.44. The number of para-hydroxylation sites is 1. The average molecular weight is 315 g/mol. The molecule has 1 heterocycles. The fraction of sp³-hybridized carbons (Fsp3) is 0.389. The molecule has 0 unspecified atom stereocenters. The molecule has 5 nitrogen and oxygen atoms in total. The largest absolute Gasteiger partial charge is 0.496 e. The molecule has 1 aromatic carbocycles. The van der Waals surface area contributed by atoms with Crippen molar-refractivity contribution in [1.29, 1.82) is 0 Å². The van der Waals surface area contributed by atoms with E-state index in [-0.39, 0.29) is 11.9 Å². The smallest absolute Gasteiger partial charge is 0.269 e. The monoisotopic (exact) mass is 315 g/mol. The number of nitrogens with zero attached hydrogens (tertiary/aromatic N) is 2. The Hall–Kier alpha value is -2.27. The average Bonchev–Trinajstić information content (AvgIpc) is 3.01. The highest BCUT2D eigenvalue weighted by Gasteiger charge is 2.17. The summed E-state index contributed by atoms with van der Waals surface area (Å²) in [6, 6.07) is 12.0. The second kappa shape index (κ2) is 7.33. The van der Waals surface area contributed by atoms with Crippen molar-refractivity contribution in [3.05, 3.63) is 53.3 Å². The van der Waals surface area contributed by atoms with Gasteiger partial charge in [-0.1, -0.05) is 18.2 Å². The first-order chi connectivity index (χ1) is 10.9. The predicted octanol–water partition coefficient (Wildman–Crippen LogP) is 2.92. The van der Waals surface area contributed by atoms with Crippen molar-refractivity contribution in [2.75, 3.05) is 28.3 Å². The number of ether oxygens (including phenoxy) is 1. The normalized spacial score (nSPS) is 12.3. The fourth-order valence-corrected chi connectivity index (χ4v) is 2.55.